The normalized spacial score (nSPS) is 17.4. The van der Waals surface area contributed by atoms with Crippen molar-refractivity contribution >= 4 is 23.2 Å². The highest BCUT2D eigenvalue weighted by atomic mass is 35.5. The van der Waals surface area contributed by atoms with Gasteiger partial charge in [-0.15, -0.1) is 10.2 Å². The Hall–Kier alpha value is -2.14. The lowest BCUT2D eigenvalue weighted by Gasteiger charge is -2.32. The number of nitrogens with zero attached hydrogens (tertiary/aromatic N) is 3. The van der Waals surface area contributed by atoms with Gasteiger partial charge in [-0.05, 0) is 62.1 Å². The van der Waals surface area contributed by atoms with E-state index in [1.807, 2.05) is 32.0 Å². The Morgan fingerprint density at radius 2 is 1.96 bits per heavy atom. The van der Waals surface area contributed by atoms with Crippen molar-refractivity contribution in [2.75, 3.05) is 25.1 Å². The SMILES string of the molecule is COc1c(C)cc(C(=O)C2CCCN(c3ccc(Cl)nn3)C2)cc1C. The zero-order chi connectivity index (χ0) is 18.0. The van der Waals surface area contributed by atoms with Crippen LogP contribution >= 0.6 is 11.6 Å². The number of ketones is 1. The van der Waals surface area contributed by atoms with Crippen LogP contribution in [0.4, 0.5) is 5.82 Å². The second kappa shape index (κ2) is 7.40. The number of anilines is 1. The Bertz CT molecular complexity index is 754. The molecular formula is C19H22ClN3O2. The van der Waals surface area contributed by atoms with Gasteiger partial charge in [-0.1, -0.05) is 11.6 Å². The summed E-state index contributed by atoms with van der Waals surface area (Å²) in [5.74, 6) is 1.75. The van der Waals surface area contributed by atoms with Crippen molar-refractivity contribution in [3.63, 3.8) is 0 Å². The van der Waals surface area contributed by atoms with Gasteiger partial charge in [0.15, 0.2) is 16.8 Å². The minimum Gasteiger partial charge on any atom is -0.496 e. The third-order valence-electron chi connectivity index (χ3n) is 4.68. The van der Waals surface area contributed by atoms with Crippen molar-refractivity contribution in [2.45, 2.75) is 26.7 Å². The molecule has 0 spiro atoms. The molecular weight excluding hydrogens is 338 g/mol. The first-order chi connectivity index (χ1) is 12.0. The van der Waals surface area contributed by atoms with Crippen molar-refractivity contribution in [1.29, 1.82) is 0 Å². The van der Waals surface area contributed by atoms with Crippen LogP contribution in [0.3, 0.4) is 0 Å². The number of carbonyl (C=O) groups excluding carboxylic acids is 1. The van der Waals surface area contributed by atoms with Crippen LogP contribution in [0.5, 0.6) is 5.75 Å². The molecule has 5 nitrogen and oxygen atoms in total. The first-order valence-corrected chi connectivity index (χ1v) is 8.81. The molecule has 1 unspecified atom stereocenters. The van der Waals surface area contributed by atoms with Gasteiger partial charge in [0.1, 0.15) is 5.75 Å². The van der Waals surface area contributed by atoms with Crippen molar-refractivity contribution in [3.05, 3.63) is 46.1 Å². The minimum atomic E-state index is -0.0431. The lowest BCUT2D eigenvalue weighted by molar-refractivity contribution is 0.0907. The van der Waals surface area contributed by atoms with Gasteiger partial charge in [-0.2, -0.15) is 0 Å². The molecule has 0 amide bonds. The summed E-state index contributed by atoms with van der Waals surface area (Å²) in [7, 11) is 1.66. The molecule has 1 aromatic carbocycles. The smallest absolute Gasteiger partial charge is 0.167 e. The molecule has 1 atom stereocenters. The van der Waals surface area contributed by atoms with E-state index >= 15 is 0 Å². The van der Waals surface area contributed by atoms with Crippen molar-refractivity contribution in [1.82, 2.24) is 10.2 Å². The molecule has 3 rings (SSSR count). The lowest BCUT2D eigenvalue weighted by Crippen LogP contribution is -2.39. The fraction of sp³-hybridized carbons (Fsp3) is 0.421. The molecule has 1 aliphatic heterocycles. The molecule has 132 valence electrons. The van der Waals surface area contributed by atoms with Crippen molar-refractivity contribution < 1.29 is 9.53 Å². The number of piperidine rings is 1. The van der Waals surface area contributed by atoms with Gasteiger partial charge in [-0.3, -0.25) is 4.79 Å². The predicted molar refractivity (Wildman–Crippen MR) is 98.8 cm³/mol. The van der Waals surface area contributed by atoms with E-state index in [1.165, 1.54) is 0 Å². The average molecular weight is 360 g/mol. The molecule has 0 saturated carbocycles. The summed E-state index contributed by atoms with van der Waals surface area (Å²) in [5.41, 5.74) is 2.73. The zero-order valence-corrected chi connectivity index (χ0v) is 15.5. The summed E-state index contributed by atoms with van der Waals surface area (Å²) in [6.07, 6.45) is 1.84. The number of hydrogen-bond donors (Lipinski definition) is 0. The Balaban J connectivity index is 1.79. The molecule has 1 aliphatic rings. The number of carbonyl (C=O) groups is 1. The first kappa shape index (κ1) is 17.7. The van der Waals surface area contributed by atoms with Gasteiger partial charge >= 0.3 is 0 Å². The summed E-state index contributed by atoms with van der Waals surface area (Å²) in [4.78, 5) is 15.1. The van der Waals surface area contributed by atoms with E-state index < -0.39 is 0 Å². The highest BCUT2D eigenvalue weighted by Gasteiger charge is 2.28. The summed E-state index contributed by atoms with van der Waals surface area (Å²) < 4.78 is 5.39. The number of rotatable bonds is 4. The molecule has 0 radical (unpaired) electrons. The van der Waals surface area contributed by atoms with Crippen LogP contribution in [-0.4, -0.2) is 36.2 Å². The Morgan fingerprint density at radius 3 is 2.56 bits per heavy atom. The third kappa shape index (κ3) is 3.76. The average Bonchev–Trinajstić information content (AvgIpc) is 2.61. The molecule has 1 aromatic heterocycles. The van der Waals surface area contributed by atoms with E-state index in [9.17, 15) is 4.79 Å². The molecule has 25 heavy (non-hydrogen) atoms. The monoisotopic (exact) mass is 359 g/mol. The topological polar surface area (TPSA) is 55.3 Å². The van der Waals surface area contributed by atoms with Crippen LogP contribution in [0.15, 0.2) is 24.3 Å². The molecule has 0 N–H and O–H groups in total. The van der Waals surface area contributed by atoms with Crippen LogP contribution in [0.1, 0.15) is 34.3 Å². The summed E-state index contributed by atoms with van der Waals surface area (Å²) >= 11 is 5.81. The molecule has 1 fully saturated rings. The largest absolute Gasteiger partial charge is 0.496 e. The Kier molecular flexibility index (Phi) is 5.23. The van der Waals surface area contributed by atoms with Gasteiger partial charge in [0.25, 0.3) is 0 Å². The number of ether oxygens (including phenoxy) is 1. The molecule has 1 saturated heterocycles. The second-order valence-electron chi connectivity index (χ2n) is 6.51. The quantitative estimate of drug-likeness (QED) is 0.776. The predicted octanol–water partition coefficient (Wildman–Crippen LogP) is 3.85. The number of aryl methyl sites for hydroxylation is 2. The number of benzene rings is 1. The van der Waals surface area contributed by atoms with Gasteiger partial charge in [0.2, 0.25) is 0 Å². The van der Waals surface area contributed by atoms with E-state index in [1.54, 1.807) is 13.2 Å². The van der Waals surface area contributed by atoms with E-state index in [-0.39, 0.29) is 11.7 Å². The maximum Gasteiger partial charge on any atom is 0.167 e. The van der Waals surface area contributed by atoms with Gasteiger partial charge in [-0.25, -0.2) is 0 Å². The summed E-state index contributed by atoms with van der Waals surface area (Å²) in [6.45, 7) is 5.47. The van der Waals surface area contributed by atoms with E-state index in [0.717, 1.165) is 47.6 Å². The standard InChI is InChI=1S/C19H22ClN3O2/c1-12-9-15(10-13(2)19(12)25-3)18(24)14-5-4-8-23(11-14)17-7-6-16(20)21-22-17/h6-7,9-10,14H,4-5,8,11H2,1-3H3. The Morgan fingerprint density at radius 1 is 1.24 bits per heavy atom. The van der Waals surface area contributed by atoms with Crippen LogP contribution in [0, 0.1) is 19.8 Å². The minimum absolute atomic E-state index is 0.0431. The fourth-order valence-corrected chi connectivity index (χ4v) is 3.63. The van der Waals surface area contributed by atoms with Crippen molar-refractivity contribution in [3.8, 4) is 5.75 Å². The number of methoxy groups -OCH3 is 1. The highest BCUT2D eigenvalue weighted by Crippen LogP contribution is 2.28. The Labute approximate surface area is 153 Å². The third-order valence-corrected chi connectivity index (χ3v) is 4.88. The molecule has 2 heterocycles. The highest BCUT2D eigenvalue weighted by molar-refractivity contribution is 6.29. The van der Waals surface area contributed by atoms with E-state index in [0.29, 0.717) is 11.7 Å². The summed E-state index contributed by atoms with van der Waals surface area (Å²) in [6, 6.07) is 7.43. The summed E-state index contributed by atoms with van der Waals surface area (Å²) in [5, 5.41) is 8.41. The van der Waals surface area contributed by atoms with E-state index in [2.05, 4.69) is 15.1 Å². The fourth-order valence-electron chi connectivity index (χ4n) is 3.53. The zero-order valence-electron chi connectivity index (χ0n) is 14.8. The van der Waals surface area contributed by atoms with Crippen LogP contribution < -0.4 is 9.64 Å². The second-order valence-corrected chi connectivity index (χ2v) is 6.89. The maximum atomic E-state index is 13.0. The van der Waals surface area contributed by atoms with Crippen LogP contribution in [0.25, 0.3) is 0 Å². The maximum absolute atomic E-state index is 13.0. The number of aromatic nitrogens is 2. The molecule has 0 aliphatic carbocycles. The van der Waals surface area contributed by atoms with Crippen molar-refractivity contribution in [2.24, 2.45) is 5.92 Å². The van der Waals surface area contributed by atoms with Crippen LogP contribution in [0.2, 0.25) is 5.15 Å². The van der Waals surface area contributed by atoms with Gasteiger partial charge in [0, 0.05) is 24.6 Å². The molecule has 6 heteroatoms. The van der Waals surface area contributed by atoms with Gasteiger partial charge in [0.05, 0.1) is 7.11 Å². The van der Waals surface area contributed by atoms with Gasteiger partial charge < -0.3 is 9.64 Å². The molecule has 2 aromatic rings. The molecule has 0 bridgehead atoms. The van der Waals surface area contributed by atoms with Crippen LogP contribution in [-0.2, 0) is 0 Å². The number of hydrogen-bond acceptors (Lipinski definition) is 5. The lowest BCUT2D eigenvalue weighted by atomic mass is 9.88. The number of halogens is 1. The van der Waals surface area contributed by atoms with E-state index in [4.69, 9.17) is 16.3 Å². The number of Topliss-reactive ketones (excluding diaryl/α,β-unsaturated/α-hetero) is 1. The first-order valence-electron chi connectivity index (χ1n) is 8.43.